The number of hydrogen-bond acceptors (Lipinski definition) is 5. The second kappa shape index (κ2) is 5.82. The molecular weight excluding hydrogens is 244 g/mol. The monoisotopic (exact) mass is 262 g/mol. The van der Waals surface area contributed by atoms with E-state index in [0.717, 1.165) is 23.1 Å². The second-order valence-electron chi connectivity index (χ2n) is 4.27. The highest BCUT2D eigenvalue weighted by atomic mass is 32.1. The number of hydrogen-bond donors (Lipinski definition) is 1. The lowest BCUT2D eigenvalue weighted by atomic mass is 10.2. The van der Waals surface area contributed by atoms with Crippen molar-refractivity contribution in [3.63, 3.8) is 0 Å². The van der Waals surface area contributed by atoms with Gasteiger partial charge in [0.25, 0.3) is 0 Å². The molecule has 1 heterocycles. The van der Waals surface area contributed by atoms with Crippen LogP contribution < -0.4 is 10.2 Å². The van der Waals surface area contributed by atoms with E-state index in [4.69, 9.17) is 0 Å². The summed E-state index contributed by atoms with van der Waals surface area (Å²) in [7, 11) is 4.08. The number of aromatic nitrogens is 2. The van der Waals surface area contributed by atoms with Crippen molar-refractivity contribution in [2.75, 3.05) is 24.3 Å². The second-order valence-corrected chi connectivity index (χ2v) is 5.33. The van der Waals surface area contributed by atoms with Crippen LogP contribution in [0, 0.1) is 0 Å². The van der Waals surface area contributed by atoms with Crippen LogP contribution in [-0.2, 0) is 13.0 Å². The molecule has 5 heteroatoms. The molecule has 2 rings (SSSR count). The van der Waals surface area contributed by atoms with Crippen molar-refractivity contribution in [2.45, 2.75) is 19.9 Å². The topological polar surface area (TPSA) is 41.1 Å². The highest BCUT2D eigenvalue weighted by molar-refractivity contribution is 7.15. The molecule has 18 heavy (non-hydrogen) atoms. The summed E-state index contributed by atoms with van der Waals surface area (Å²) < 4.78 is 0. The zero-order valence-corrected chi connectivity index (χ0v) is 11.8. The Labute approximate surface area is 112 Å². The lowest BCUT2D eigenvalue weighted by molar-refractivity contribution is 0.975. The fourth-order valence-electron chi connectivity index (χ4n) is 1.56. The molecule has 0 aliphatic heterocycles. The molecule has 0 aliphatic rings. The maximum atomic E-state index is 4.10. The third-order valence-electron chi connectivity index (χ3n) is 2.67. The van der Waals surface area contributed by atoms with Gasteiger partial charge in [0.1, 0.15) is 5.01 Å². The van der Waals surface area contributed by atoms with E-state index >= 15 is 0 Å². The van der Waals surface area contributed by atoms with E-state index in [0.29, 0.717) is 0 Å². The van der Waals surface area contributed by atoms with Gasteiger partial charge in [0.05, 0.1) is 0 Å². The zero-order chi connectivity index (χ0) is 13.0. The van der Waals surface area contributed by atoms with Gasteiger partial charge < -0.3 is 10.2 Å². The molecule has 1 aromatic heterocycles. The number of nitrogens with one attached hydrogen (secondary N) is 1. The standard InChI is InChI=1S/C13H18N4S/c1-4-12-15-16-13(18-12)14-9-10-5-7-11(8-6-10)17(2)3/h5-8H,4,9H2,1-3H3,(H,14,16). The molecule has 96 valence electrons. The highest BCUT2D eigenvalue weighted by Gasteiger charge is 2.02. The van der Waals surface area contributed by atoms with Crippen LogP contribution in [-0.4, -0.2) is 24.3 Å². The summed E-state index contributed by atoms with van der Waals surface area (Å²) >= 11 is 1.62. The predicted molar refractivity (Wildman–Crippen MR) is 77.4 cm³/mol. The molecule has 0 saturated carbocycles. The molecule has 0 spiro atoms. The molecule has 1 aromatic carbocycles. The van der Waals surface area contributed by atoms with Gasteiger partial charge in [-0.05, 0) is 24.1 Å². The zero-order valence-electron chi connectivity index (χ0n) is 11.0. The largest absolute Gasteiger partial charge is 0.378 e. The summed E-state index contributed by atoms with van der Waals surface area (Å²) in [4.78, 5) is 2.09. The van der Waals surface area contributed by atoms with Crippen molar-refractivity contribution in [2.24, 2.45) is 0 Å². The van der Waals surface area contributed by atoms with Gasteiger partial charge in [-0.3, -0.25) is 0 Å². The molecule has 0 amide bonds. The Hall–Kier alpha value is -1.62. The van der Waals surface area contributed by atoms with E-state index in [2.05, 4.69) is 51.6 Å². The van der Waals surface area contributed by atoms with Gasteiger partial charge in [-0.25, -0.2) is 0 Å². The van der Waals surface area contributed by atoms with E-state index in [-0.39, 0.29) is 0 Å². The molecule has 0 radical (unpaired) electrons. The SMILES string of the molecule is CCc1nnc(NCc2ccc(N(C)C)cc2)s1. The molecule has 0 atom stereocenters. The van der Waals surface area contributed by atoms with Gasteiger partial charge in [-0.15, -0.1) is 10.2 Å². The molecule has 0 aliphatic carbocycles. The average molecular weight is 262 g/mol. The summed E-state index contributed by atoms with van der Waals surface area (Å²) in [5.41, 5.74) is 2.46. The lowest BCUT2D eigenvalue weighted by Crippen LogP contribution is -2.08. The lowest BCUT2D eigenvalue weighted by Gasteiger charge is -2.12. The first kappa shape index (κ1) is 12.8. The number of anilines is 2. The van der Waals surface area contributed by atoms with Crippen LogP contribution in [0.15, 0.2) is 24.3 Å². The van der Waals surface area contributed by atoms with Crippen LogP contribution in [0.3, 0.4) is 0 Å². The Morgan fingerprint density at radius 2 is 1.89 bits per heavy atom. The van der Waals surface area contributed by atoms with Crippen LogP contribution in [0.1, 0.15) is 17.5 Å². The minimum atomic E-state index is 0.784. The minimum Gasteiger partial charge on any atom is -0.378 e. The van der Waals surface area contributed by atoms with Crippen LogP contribution in [0.25, 0.3) is 0 Å². The van der Waals surface area contributed by atoms with E-state index in [9.17, 15) is 0 Å². The van der Waals surface area contributed by atoms with Crippen molar-refractivity contribution >= 4 is 22.2 Å². The van der Waals surface area contributed by atoms with Crippen molar-refractivity contribution in [3.8, 4) is 0 Å². The first-order valence-corrected chi connectivity index (χ1v) is 6.83. The Morgan fingerprint density at radius 1 is 1.17 bits per heavy atom. The van der Waals surface area contributed by atoms with Gasteiger partial charge in [-0.1, -0.05) is 30.4 Å². The Bertz CT molecular complexity index is 490. The van der Waals surface area contributed by atoms with Crippen LogP contribution in [0.4, 0.5) is 10.8 Å². The third kappa shape index (κ3) is 3.20. The van der Waals surface area contributed by atoms with Crippen molar-refractivity contribution in [3.05, 3.63) is 34.8 Å². The first-order chi connectivity index (χ1) is 8.69. The summed E-state index contributed by atoms with van der Waals surface area (Å²) in [5, 5.41) is 13.4. The molecule has 0 unspecified atom stereocenters. The number of rotatable bonds is 5. The van der Waals surface area contributed by atoms with Crippen LogP contribution >= 0.6 is 11.3 Å². The summed E-state index contributed by atoms with van der Waals surface area (Å²) in [6.07, 6.45) is 0.941. The Morgan fingerprint density at radius 3 is 2.44 bits per heavy atom. The van der Waals surface area contributed by atoms with Crippen LogP contribution in [0.2, 0.25) is 0 Å². The van der Waals surface area contributed by atoms with E-state index < -0.39 is 0 Å². The Kier molecular flexibility index (Phi) is 4.15. The minimum absolute atomic E-state index is 0.784. The quantitative estimate of drug-likeness (QED) is 0.899. The van der Waals surface area contributed by atoms with Gasteiger partial charge in [-0.2, -0.15) is 0 Å². The molecule has 0 fully saturated rings. The number of nitrogens with zero attached hydrogens (tertiary/aromatic N) is 3. The molecule has 1 N–H and O–H groups in total. The van der Waals surface area contributed by atoms with E-state index in [1.165, 1.54) is 11.3 Å². The van der Waals surface area contributed by atoms with E-state index in [1.807, 2.05) is 14.1 Å². The fourth-order valence-corrected chi connectivity index (χ4v) is 2.23. The first-order valence-electron chi connectivity index (χ1n) is 6.01. The smallest absolute Gasteiger partial charge is 0.205 e. The van der Waals surface area contributed by atoms with E-state index in [1.54, 1.807) is 11.3 Å². The molecular formula is C13H18N4S. The third-order valence-corrected chi connectivity index (χ3v) is 3.69. The number of benzene rings is 1. The van der Waals surface area contributed by atoms with Gasteiger partial charge >= 0.3 is 0 Å². The van der Waals surface area contributed by atoms with Crippen molar-refractivity contribution in [1.29, 1.82) is 0 Å². The van der Waals surface area contributed by atoms with Gasteiger partial charge in [0.2, 0.25) is 5.13 Å². The molecule has 4 nitrogen and oxygen atoms in total. The van der Waals surface area contributed by atoms with Crippen molar-refractivity contribution < 1.29 is 0 Å². The average Bonchev–Trinajstić information content (AvgIpc) is 2.85. The highest BCUT2D eigenvalue weighted by Crippen LogP contribution is 2.17. The maximum absolute atomic E-state index is 4.10. The molecule has 0 saturated heterocycles. The van der Waals surface area contributed by atoms with Gasteiger partial charge in [0, 0.05) is 26.3 Å². The Balaban J connectivity index is 1.93. The number of aryl methyl sites for hydroxylation is 1. The van der Waals surface area contributed by atoms with Crippen LogP contribution in [0.5, 0.6) is 0 Å². The predicted octanol–water partition coefficient (Wildman–Crippen LogP) is 2.78. The van der Waals surface area contributed by atoms with Gasteiger partial charge in [0.15, 0.2) is 0 Å². The summed E-state index contributed by atoms with van der Waals surface area (Å²) in [5.74, 6) is 0. The summed E-state index contributed by atoms with van der Waals surface area (Å²) in [6.45, 7) is 2.87. The normalized spacial score (nSPS) is 10.4. The fraction of sp³-hybridized carbons (Fsp3) is 0.385. The van der Waals surface area contributed by atoms with Crippen molar-refractivity contribution in [1.82, 2.24) is 10.2 Å². The summed E-state index contributed by atoms with van der Waals surface area (Å²) in [6, 6.07) is 8.50. The molecule has 0 bridgehead atoms. The maximum Gasteiger partial charge on any atom is 0.205 e. The molecule has 2 aromatic rings.